The van der Waals surface area contributed by atoms with Gasteiger partial charge in [-0.1, -0.05) is 48.5 Å². The van der Waals surface area contributed by atoms with Crippen molar-refractivity contribution in [3.8, 4) is 0 Å². The van der Waals surface area contributed by atoms with Crippen LogP contribution in [0.2, 0.25) is 0 Å². The molecule has 6 heteroatoms. The Morgan fingerprint density at radius 3 is 1.35 bits per heavy atom. The Balaban J connectivity index is 1.54. The molecule has 2 N–H and O–H groups in total. The van der Waals surface area contributed by atoms with Gasteiger partial charge in [-0.2, -0.15) is 0 Å². The van der Waals surface area contributed by atoms with E-state index < -0.39 is 11.8 Å². The Hall–Kier alpha value is -4.58. The van der Waals surface area contributed by atoms with Crippen molar-refractivity contribution < 1.29 is 18.4 Å². The van der Waals surface area contributed by atoms with Gasteiger partial charge in [-0.3, -0.25) is 9.59 Å². The monoisotopic (exact) mass is 454 g/mol. The van der Waals surface area contributed by atoms with Crippen LogP contribution in [0, 0.1) is 11.6 Å². The number of carbonyl (C=O) groups is 2. The van der Waals surface area contributed by atoms with Crippen LogP contribution in [0.15, 0.2) is 97.1 Å². The molecule has 0 saturated heterocycles. The molecule has 0 unspecified atom stereocenters. The van der Waals surface area contributed by atoms with Crippen LogP contribution >= 0.6 is 0 Å². The van der Waals surface area contributed by atoms with Crippen LogP contribution in [0.3, 0.4) is 0 Å². The molecule has 34 heavy (non-hydrogen) atoms. The van der Waals surface area contributed by atoms with Crippen LogP contribution in [-0.2, 0) is 9.59 Å². The van der Waals surface area contributed by atoms with E-state index in [-0.39, 0.29) is 11.6 Å². The Bertz CT molecular complexity index is 1280. The Labute approximate surface area is 195 Å². The molecule has 0 aliphatic heterocycles. The number of amides is 2. The van der Waals surface area contributed by atoms with Crippen LogP contribution in [0.5, 0.6) is 0 Å². The zero-order valence-corrected chi connectivity index (χ0v) is 18.0. The molecule has 0 saturated carbocycles. The third kappa shape index (κ3) is 6.01. The van der Waals surface area contributed by atoms with Gasteiger partial charge in [0, 0.05) is 12.2 Å². The third-order valence-corrected chi connectivity index (χ3v) is 5.00. The van der Waals surface area contributed by atoms with Gasteiger partial charge in [-0.05, 0) is 70.4 Å². The summed E-state index contributed by atoms with van der Waals surface area (Å²) in [6.45, 7) is 0. The van der Waals surface area contributed by atoms with Crippen molar-refractivity contribution in [2.24, 2.45) is 0 Å². The standard InChI is InChI=1S/C28H20F2N2O2/c29-23-11-5-19(6-12-23)9-15-27(33)31-25-17-21-3-1-2-4-22(21)18-26(25)32-28(34)16-10-20-7-13-24(30)14-8-20/h1-18H,(H,31,33)(H,32,34)/b15-9-,16-10+. The molecule has 168 valence electrons. The molecule has 0 aliphatic carbocycles. The minimum absolute atomic E-state index is 0.355. The summed E-state index contributed by atoms with van der Waals surface area (Å²) in [5.74, 6) is -1.52. The average molecular weight is 454 g/mol. The molecular weight excluding hydrogens is 434 g/mol. The zero-order valence-electron chi connectivity index (χ0n) is 18.0. The number of rotatable bonds is 6. The summed E-state index contributed by atoms with van der Waals surface area (Å²) < 4.78 is 26.1. The molecule has 0 bridgehead atoms. The summed E-state index contributed by atoms with van der Waals surface area (Å²) in [7, 11) is 0. The number of benzene rings is 4. The van der Waals surface area contributed by atoms with Crippen molar-refractivity contribution in [3.63, 3.8) is 0 Å². The Kier molecular flexibility index (Phi) is 6.89. The predicted molar refractivity (Wildman–Crippen MR) is 132 cm³/mol. The third-order valence-electron chi connectivity index (χ3n) is 5.00. The van der Waals surface area contributed by atoms with Crippen LogP contribution < -0.4 is 10.6 Å². The summed E-state index contributed by atoms with van der Waals surface area (Å²) in [5, 5.41) is 7.36. The number of anilines is 2. The maximum atomic E-state index is 13.1. The fraction of sp³-hybridized carbons (Fsp3) is 0. The second-order valence-corrected chi connectivity index (χ2v) is 7.49. The van der Waals surface area contributed by atoms with Gasteiger partial charge in [0.1, 0.15) is 11.6 Å². The number of hydrogen-bond donors (Lipinski definition) is 2. The first kappa shape index (κ1) is 22.6. The highest BCUT2D eigenvalue weighted by Gasteiger charge is 2.10. The van der Waals surface area contributed by atoms with E-state index in [4.69, 9.17) is 0 Å². The molecular formula is C28H20F2N2O2. The van der Waals surface area contributed by atoms with E-state index in [0.29, 0.717) is 22.5 Å². The zero-order chi connectivity index (χ0) is 23.9. The molecule has 0 spiro atoms. The minimum atomic E-state index is -0.406. The van der Waals surface area contributed by atoms with Crippen molar-refractivity contribution >= 4 is 46.1 Å². The molecule has 0 aromatic heterocycles. The van der Waals surface area contributed by atoms with E-state index in [1.807, 2.05) is 24.3 Å². The second kappa shape index (κ2) is 10.4. The first-order valence-electron chi connectivity index (χ1n) is 10.5. The van der Waals surface area contributed by atoms with Gasteiger partial charge in [0.25, 0.3) is 0 Å². The summed E-state index contributed by atoms with van der Waals surface area (Å²) >= 11 is 0. The first-order chi connectivity index (χ1) is 16.5. The van der Waals surface area contributed by atoms with Crippen LogP contribution in [-0.4, -0.2) is 11.8 Å². The van der Waals surface area contributed by atoms with Crippen molar-refractivity contribution in [1.29, 1.82) is 0 Å². The highest BCUT2D eigenvalue weighted by Crippen LogP contribution is 2.29. The van der Waals surface area contributed by atoms with Gasteiger partial charge >= 0.3 is 0 Å². The van der Waals surface area contributed by atoms with Crippen molar-refractivity contribution in [2.45, 2.75) is 0 Å². The Morgan fingerprint density at radius 1 is 0.588 bits per heavy atom. The lowest BCUT2D eigenvalue weighted by Gasteiger charge is -2.12. The maximum absolute atomic E-state index is 13.1. The normalized spacial score (nSPS) is 11.2. The van der Waals surface area contributed by atoms with Crippen molar-refractivity contribution in [3.05, 3.63) is 120 Å². The van der Waals surface area contributed by atoms with E-state index >= 15 is 0 Å². The van der Waals surface area contributed by atoms with E-state index in [1.165, 1.54) is 36.4 Å². The van der Waals surface area contributed by atoms with Crippen molar-refractivity contribution in [2.75, 3.05) is 10.6 Å². The number of carbonyl (C=O) groups excluding carboxylic acids is 2. The quantitative estimate of drug-likeness (QED) is 0.330. The van der Waals surface area contributed by atoms with Gasteiger partial charge in [-0.25, -0.2) is 8.78 Å². The highest BCUT2D eigenvalue weighted by molar-refractivity contribution is 6.10. The fourth-order valence-corrected chi connectivity index (χ4v) is 3.29. The molecule has 0 heterocycles. The van der Waals surface area contributed by atoms with E-state index in [9.17, 15) is 18.4 Å². The molecule has 0 fully saturated rings. The molecule has 4 nitrogen and oxygen atoms in total. The predicted octanol–water partition coefficient (Wildman–Crippen LogP) is 6.42. The molecule has 2 amide bonds. The lowest BCUT2D eigenvalue weighted by molar-refractivity contribution is -0.112. The van der Waals surface area contributed by atoms with E-state index in [0.717, 1.165) is 10.8 Å². The van der Waals surface area contributed by atoms with Crippen LogP contribution in [0.25, 0.3) is 22.9 Å². The van der Waals surface area contributed by atoms with Crippen LogP contribution in [0.4, 0.5) is 20.2 Å². The van der Waals surface area contributed by atoms with Gasteiger partial charge in [0.05, 0.1) is 11.4 Å². The SMILES string of the molecule is O=C(/C=C\c1ccc(F)cc1)Nc1cc2ccccc2cc1NC(=O)/C=C/c1ccc(F)cc1. The largest absolute Gasteiger partial charge is 0.321 e. The smallest absolute Gasteiger partial charge is 0.248 e. The lowest BCUT2D eigenvalue weighted by Crippen LogP contribution is -2.13. The molecule has 4 aromatic rings. The van der Waals surface area contributed by atoms with Gasteiger partial charge in [-0.15, -0.1) is 0 Å². The van der Waals surface area contributed by atoms with E-state index in [1.54, 1.807) is 48.6 Å². The highest BCUT2D eigenvalue weighted by atomic mass is 19.1. The van der Waals surface area contributed by atoms with Crippen molar-refractivity contribution in [1.82, 2.24) is 0 Å². The molecule has 0 atom stereocenters. The second-order valence-electron chi connectivity index (χ2n) is 7.49. The summed E-state index contributed by atoms with van der Waals surface area (Å²) in [6, 6.07) is 22.6. The molecule has 4 aromatic carbocycles. The average Bonchev–Trinajstić information content (AvgIpc) is 2.84. The fourth-order valence-electron chi connectivity index (χ4n) is 3.29. The topological polar surface area (TPSA) is 58.2 Å². The number of halogens is 2. The Morgan fingerprint density at radius 2 is 0.971 bits per heavy atom. The van der Waals surface area contributed by atoms with Crippen LogP contribution in [0.1, 0.15) is 11.1 Å². The minimum Gasteiger partial charge on any atom is -0.321 e. The van der Waals surface area contributed by atoms with Gasteiger partial charge in [0.2, 0.25) is 11.8 Å². The first-order valence-corrected chi connectivity index (χ1v) is 10.5. The molecule has 4 rings (SSSR count). The molecule has 0 aliphatic rings. The lowest BCUT2D eigenvalue weighted by atomic mass is 10.1. The molecule has 0 radical (unpaired) electrons. The van der Waals surface area contributed by atoms with Gasteiger partial charge < -0.3 is 10.6 Å². The number of hydrogen-bond acceptors (Lipinski definition) is 2. The summed E-state index contributed by atoms with van der Waals surface area (Å²) in [5.41, 5.74) is 2.20. The summed E-state index contributed by atoms with van der Waals surface area (Å²) in [4.78, 5) is 25.1. The van der Waals surface area contributed by atoms with E-state index in [2.05, 4.69) is 10.6 Å². The number of nitrogens with one attached hydrogen (secondary N) is 2. The number of fused-ring (bicyclic) bond motifs is 1. The summed E-state index contributed by atoms with van der Waals surface area (Å²) in [6.07, 6.45) is 5.81. The maximum Gasteiger partial charge on any atom is 0.248 e. The van der Waals surface area contributed by atoms with Gasteiger partial charge in [0.15, 0.2) is 0 Å².